The number of carbonyl (C=O) groups excluding carboxylic acids is 1. The molecule has 0 aromatic heterocycles. The van der Waals surface area contributed by atoms with E-state index in [2.05, 4.69) is 34.1 Å². The minimum absolute atomic E-state index is 0.285. The number of methoxy groups -OCH3 is 1. The van der Waals surface area contributed by atoms with Gasteiger partial charge >= 0.3 is 5.97 Å². The molecule has 0 radical (unpaired) electrons. The van der Waals surface area contributed by atoms with Crippen LogP contribution in [0.15, 0.2) is 24.3 Å². The molecule has 2 saturated heterocycles. The first-order chi connectivity index (χ1) is 11.1. The molecule has 23 heavy (non-hydrogen) atoms. The molecule has 2 heterocycles. The van der Waals surface area contributed by atoms with E-state index in [0.717, 1.165) is 19.6 Å². The number of rotatable bonds is 4. The van der Waals surface area contributed by atoms with Crippen LogP contribution in [0.3, 0.4) is 0 Å². The van der Waals surface area contributed by atoms with Gasteiger partial charge in [-0.25, -0.2) is 0 Å². The summed E-state index contributed by atoms with van der Waals surface area (Å²) in [5.41, 5.74) is 8.00. The third-order valence-corrected chi connectivity index (χ3v) is 5.15. The number of nitrogens with zero attached hydrogens (tertiary/aromatic N) is 2. The number of carbonyl (C=O) groups is 1. The summed E-state index contributed by atoms with van der Waals surface area (Å²) < 4.78 is 4.82. The average molecular weight is 317 g/mol. The van der Waals surface area contributed by atoms with Gasteiger partial charge in [-0.3, -0.25) is 9.69 Å². The zero-order chi connectivity index (χ0) is 16.3. The summed E-state index contributed by atoms with van der Waals surface area (Å²) >= 11 is 0. The lowest BCUT2D eigenvalue weighted by Crippen LogP contribution is -2.55. The quantitative estimate of drug-likeness (QED) is 0.858. The van der Waals surface area contributed by atoms with Gasteiger partial charge in [0, 0.05) is 38.4 Å². The van der Waals surface area contributed by atoms with E-state index < -0.39 is 5.54 Å². The van der Waals surface area contributed by atoms with E-state index >= 15 is 0 Å². The second-order valence-corrected chi connectivity index (χ2v) is 6.78. The van der Waals surface area contributed by atoms with Crippen molar-refractivity contribution in [3.8, 4) is 0 Å². The van der Waals surface area contributed by atoms with Crippen molar-refractivity contribution in [2.75, 3.05) is 38.2 Å². The number of anilines is 1. The molecule has 126 valence electrons. The Kier molecular flexibility index (Phi) is 4.87. The van der Waals surface area contributed by atoms with Crippen LogP contribution in [0.5, 0.6) is 0 Å². The summed E-state index contributed by atoms with van der Waals surface area (Å²) in [7, 11) is 1.41. The topological polar surface area (TPSA) is 58.8 Å². The highest BCUT2D eigenvalue weighted by atomic mass is 16.5. The van der Waals surface area contributed by atoms with E-state index in [1.165, 1.54) is 44.3 Å². The maximum absolute atomic E-state index is 11.7. The number of ether oxygens (including phenoxy) is 1. The van der Waals surface area contributed by atoms with Crippen molar-refractivity contribution in [1.29, 1.82) is 0 Å². The molecular formula is C18H27N3O2. The SMILES string of the molecule is COC(=O)C1(N)CCN(Cc2ccc(N3CCCC3)cc2)CC1. The minimum atomic E-state index is -0.801. The second kappa shape index (κ2) is 6.89. The molecule has 1 aromatic carbocycles. The van der Waals surface area contributed by atoms with Gasteiger partial charge in [0.15, 0.2) is 0 Å². The van der Waals surface area contributed by atoms with E-state index in [9.17, 15) is 4.79 Å². The van der Waals surface area contributed by atoms with Gasteiger partial charge in [0.25, 0.3) is 0 Å². The van der Waals surface area contributed by atoms with Crippen molar-refractivity contribution in [1.82, 2.24) is 4.90 Å². The standard InChI is InChI=1S/C18H27N3O2/c1-23-17(22)18(19)8-12-20(13-9-18)14-15-4-6-16(7-5-15)21-10-2-3-11-21/h4-7H,2-3,8-14,19H2,1H3. The van der Waals surface area contributed by atoms with Gasteiger partial charge in [0.05, 0.1) is 7.11 Å². The molecule has 0 aliphatic carbocycles. The molecule has 2 aliphatic heterocycles. The van der Waals surface area contributed by atoms with Crippen molar-refractivity contribution in [2.45, 2.75) is 37.8 Å². The molecule has 2 fully saturated rings. The van der Waals surface area contributed by atoms with Crippen LogP contribution in [0.4, 0.5) is 5.69 Å². The monoisotopic (exact) mass is 317 g/mol. The molecule has 0 amide bonds. The number of esters is 1. The van der Waals surface area contributed by atoms with Crippen molar-refractivity contribution in [2.24, 2.45) is 5.73 Å². The lowest BCUT2D eigenvalue weighted by atomic mass is 9.88. The smallest absolute Gasteiger partial charge is 0.325 e. The van der Waals surface area contributed by atoms with Crippen molar-refractivity contribution >= 4 is 11.7 Å². The maximum atomic E-state index is 11.7. The summed E-state index contributed by atoms with van der Waals surface area (Å²) in [6.45, 7) is 4.94. The van der Waals surface area contributed by atoms with Gasteiger partial charge in [-0.2, -0.15) is 0 Å². The summed E-state index contributed by atoms with van der Waals surface area (Å²) in [5, 5.41) is 0. The Hall–Kier alpha value is -1.59. The maximum Gasteiger partial charge on any atom is 0.325 e. The van der Waals surface area contributed by atoms with Gasteiger partial charge in [-0.1, -0.05) is 12.1 Å². The Labute approximate surface area is 138 Å². The predicted octanol–water partition coefficient (Wildman–Crippen LogP) is 1.75. The number of likely N-dealkylation sites (tertiary alicyclic amines) is 1. The predicted molar refractivity (Wildman–Crippen MR) is 91.3 cm³/mol. The van der Waals surface area contributed by atoms with Crippen LogP contribution in [0, 0.1) is 0 Å². The Morgan fingerprint density at radius 3 is 2.30 bits per heavy atom. The zero-order valence-electron chi connectivity index (χ0n) is 14.0. The van der Waals surface area contributed by atoms with Gasteiger partial charge in [0.1, 0.15) is 5.54 Å². The van der Waals surface area contributed by atoms with E-state index in [-0.39, 0.29) is 5.97 Å². The van der Waals surface area contributed by atoms with Crippen LogP contribution < -0.4 is 10.6 Å². The van der Waals surface area contributed by atoms with Gasteiger partial charge in [-0.05, 0) is 43.4 Å². The van der Waals surface area contributed by atoms with Gasteiger partial charge < -0.3 is 15.4 Å². The second-order valence-electron chi connectivity index (χ2n) is 6.78. The minimum Gasteiger partial charge on any atom is -0.468 e. The highest BCUT2D eigenvalue weighted by molar-refractivity contribution is 5.80. The molecule has 5 heteroatoms. The molecule has 1 aromatic rings. The van der Waals surface area contributed by atoms with Crippen molar-refractivity contribution in [3.63, 3.8) is 0 Å². The molecule has 2 N–H and O–H groups in total. The van der Waals surface area contributed by atoms with Gasteiger partial charge in [-0.15, -0.1) is 0 Å². The largest absolute Gasteiger partial charge is 0.468 e. The first-order valence-electron chi connectivity index (χ1n) is 8.54. The molecule has 0 atom stereocenters. The molecule has 3 rings (SSSR count). The number of piperidine rings is 1. The Bertz CT molecular complexity index is 530. The van der Waals surface area contributed by atoms with Gasteiger partial charge in [0.2, 0.25) is 0 Å². The first-order valence-corrected chi connectivity index (χ1v) is 8.54. The number of hydrogen-bond acceptors (Lipinski definition) is 5. The summed E-state index contributed by atoms with van der Waals surface area (Å²) in [6.07, 6.45) is 3.92. The third kappa shape index (κ3) is 3.67. The molecule has 0 unspecified atom stereocenters. The normalized spacial score (nSPS) is 21.4. The highest BCUT2D eigenvalue weighted by Gasteiger charge is 2.38. The highest BCUT2D eigenvalue weighted by Crippen LogP contribution is 2.24. The summed E-state index contributed by atoms with van der Waals surface area (Å²) in [4.78, 5) is 16.6. The number of hydrogen-bond donors (Lipinski definition) is 1. The van der Waals surface area contributed by atoms with E-state index in [0.29, 0.717) is 12.8 Å². The fourth-order valence-electron chi connectivity index (χ4n) is 3.56. The summed E-state index contributed by atoms with van der Waals surface area (Å²) in [5.74, 6) is -0.285. The number of nitrogens with two attached hydrogens (primary N) is 1. The fraction of sp³-hybridized carbons (Fsp3) is 0.611. The van der Waals surface area contributed by atoms with E-state index in [1.54, 1.807) is 0 Å². The number of benzene rings is 1. The zero-order valence-corrected chi connectivity index (χ0v) is 14.0. The lowest BCUT2D eigenvalue weighted by molar-refractivity contribution is -0.149. The first kappa shape index (κ1) is 16.3. The fourth-order valence-corrected chi connectivity index (χ4v) is 3.56. The van der Waals surface area contributed by atoms with Crippen molar-refractivity contribution < 1.29 is 9.53 Å². The Morgan fingerprint density at radius 1 is 1.13 bits per heavy atom. The molecule has 2 aliphatic rings. The van der Waals surface area contributed by atoms with Crippen LogP contribution in [0.1, 0.15) is 31.2 Å². The Balaban J connectivity index is 1.53. The Morgan fingerprint density at radius 2 is 1.74 bits per heavy atom. The average Bonchev–Trinajstić information content (AvgIpc) is 3.11. The lowest BCUT2D eigenvalue weighted by Gasteiger charge is -2.37. The molecular weight excluding hydrogens is 290 g/mol. The molecule has 0 spiro atoms. The molecule has 5 nitrogen and oxygen atoms in total. The van der Waals surface area contributed by atoms with Crippen LogP contribution >= 0.6 is 0 Å². The van der Waals surface area contributed by atoms with Crippen LogP contribution in [-0.4, -0.2) is 49.7 Å². The molecule has 0 bridgehead atoms. The van der Waals surface area contributed by atoms with Crippen LogP contribution in [0.25, 0.3) is 0 Å². The third-order valence-electron chi connectivity index (χ3n) is 5.15. The van der Waals surface area contributed by atoms with E-state index in [4.69, 9.17) is 10.5 Å². The molecule has 0 saturated carbocycles. The van der Waals surface area contributed by atoms with Crippen LogP contribution in [-0.2, 0) is 16.1 Å². The van der Waals surface area contributed by atoms with Crippen molar-refractivity contribution in [3.05, 3.63) is 29.8 Å². The summed E-state index contributed by atoms with van der Waals surface area (Å²) in [6, 6.07) is 8.90. The van der Waals surface area contributed by atoms with E-state index in [1.807, 2.05) is 0 Å². The van der Waals surface area contributed by atoms with Crippen LogP contribution in [0.2, 0.25) is 0 Å².